The Hall–Kier alpha value is -3.04. The Morgan fingerprint density at radius 3 is 2.67 bits per heavy atom. The summed E-state index contributed by atoms with van der Waals surface area (Å²) in [6.45, 7) is 10.7. The number of fused-ring (bicyclic) bond motifs is 3. The molecule has 0 radical (unpaired) electrons. The molecule has 51 heavy (non-hydrogen) atoms. The van der Waals surface area contributed by atoms with E-state index in [9.17, 15) is 9.90 Å². The average molecular weight is 736 g/mol. The summed E-state index contributed by atoms with van der Waals surface area (Å²) in [7, 11) is 0. The highest BCUT2D eigenvalue weighted by Gasteiger charge is 2.54. The molecule has 2 fully saturated rings. The first-order valence-corrected chi connectivity index (χ1v) is 19.7. The molecule has 0 bridgehead atoms. The number of hydrogen-bond donors (Lipinski definition) is 3. The van der Waals surface area contributed by atoms with Gasteiger partial charge in [0.25, 0.3) is 0 Å². The predicted molar refractivity (Wildman–Crippen MR) is 204 cm³/mol. The van der Waals surface area contributed by atoms with Crippen LogP contribution in [-0.4, -0.2) is 72.4 Å². The van der Waals surface area contributed by atoms with E-state index in [1.807, 2.05) is 24.4 Å². The Bertz CT molecular complexity index is 1700. The zero-order valence-corrected chi connectivity index (χ0v) is 31.5. The van der Waals surface area contributed by atoms with Crippen LogP contribution in [0, 0.1) is 11.8 Å². The molecule has 1 aliphatic heterocycles. The first-order valence-electron chi connectivity index (χ1n) is 18.9. The fraction of sp³-hybridized carbons (Fsp3) is 0.561. The van der Waals surface area contributed by atoms with Gasteiger partial charge in [-0.15, -0.1) is 0 Å². The first-order chi connectivity index (χ1) is 24.7. The van der Waals surface area contributed by atoms with E-state index in [1.165, 1.54) is 35.2 Å². The second-order valence-electron chi connectivity index (χ2n) is 15.6. The smallest absolute Gasteiger partial charge is 0.329 e. The molecule has 3 atom stereocenters. The van der Waals surface area contributed by atoms with E-state index in [-0.39, 0.29) is 5.41 Å². The Balaban J connectivity index is 1.12. The first kappa shape index (κ1) is 36.3. The minimum Gasteiger partial charge on any atom is -0.493 e. The standard InChI is InChI=1S/C41H52Cl2N4O4/c1-27(26-51-36-9-14-45-35-8-3-5-28(2)38(35)36)21-30-22-29-23-34(43)37(50-20-19-47-17-15-44-16-18-47)25-33(29)40(30)10-12-41(13-11-40,39(48)49)46-32-7-4-6-31(42)24-32/h4,6-7,9,14,23-25,27-28,30,44,46H,3,5,8,10-13,15-22,26H2,1-2H3,(H,48,49)/t27-,28-,30+,40?,41?/m1/s1. The van der Waals surface area contributed by atoms with Crippen molar-refractivity contribution < 1.29 is 19.4 Å². The summed E-state index contributed by atoms with van der Waals surface area (Å²) in [6.07, 6.45) is 9.61. The Morgan fingerprint density at radius 2 is 1.90 bits per heavy atom. The van der Waals surface area contributed by atoms with Crippen molar-refractivity contribution in [1.29, 1.82) is 0 Å². The summed E-state index contributed by atoms with van der Waals surface area (Å²) < 4.78 is 13.0. The van der Waals surface area contributed by atoms with Crippen LogP contribution in [0.15, 0.2) is 48.7 Å². The summed E-state index contributed by atoms with van der Waals surface area (Å²) >= 11 is 13.2. The molecule has 3 N–H and O–H groups in total. The second-order valence-corrected chi connectivity index (χ2v) is 16.4. The number of pyridine rings is 1. The van der Waals surface area contributed by atoms with Crippen molar-refractivity contribution in [3.63, 3.8) is 0 Å². The van der Waals surface area contributed by atoms with E-state index in [0.717, 1.165) is 82.0 Å². The molecule has 7 rings (SSSR count). The van der Waals surface area contributed by atoms with Crippen LogP contribution in [0.3, 0.4) is 0 Å². The van der Waals surface area contributed by atoms with Gasteiger partial charge in [-0.2, -0.15) is 0 Å². The van der Waals surface area contributed by atoms with Crippen LogP contribution in [0.5, 0.6) is 11.5 Å². The van der Waals surface area contributed by atoms with Gasteiger partial charge in [-0.25, -0.2) is 4.79 Å². The van der Waals surface area contributed by atoms with Crippen LogP contribution in [0.1, 0.15) is 87.1 Å². The fourth-order valence-electron chi connectivity index (χ4n) is 9.44. The van der Waals surface area contributed by atoms with E-state index in [2.05, 4.69) is 46.5 Å². The van der Waals surface area contributed by atoms with E-state index in [4.69, 9.17) is 32.7 Å². The molecule has 4 aliphatic rings. The lowest BCUT2D eigenvalue weighted by atomic mass is 9.59. The summed E-state index contributed by atoms with van der Waals surface area (Å²) in [6, 6.07) is 13.7. The van der Waals surface area contributed by atoms with E-state index < -0.39 is 11.5 Å². The van der Waals surface area contributed by atoms with Crippen LogP contribution in [0.4, 0.5) is 5.69 Å². The van der Waals surface area contributed by atoms with Gasteiger partial charge >= 0.3 is 5.97 Å². The number of aromatic nitrogens is 1. The van der Waals surface area contributed by atoms with Crippen LogP contribution < -0.4 is 20.1 Å². The SMILES string of the molecule is C[C@@H](COc1ccnc2c1[C@H](C)CCC2)C[C@H]1Cc2cc(Cl)c(OCCN3CCNCC3)cc2C12CCC(Nc1cccc(Cl)c1)(C(=O)O)CC2. The van der Waals surface area contributed by atoms with Crippen molar-refractivity contribution in [2.45, 2.75) is 88.5 Å². The number of benzene rings is 2. The molecule has 1 saturated heterocycles. The van der Waals surface area contributed by atoms with Gasteiger partial charge in [0, 0.05) is 60.9 Å². The number of piperazine rings is 1. The number of ether oxygens (including phenoxy) is 2. The van der Waals surface area contributed by atoms with Crippen molar-refractivity contribution in [2.24, 2.45) is 11.8 Å². The molecule has 3 aromatic rings. The molecule has 8 nitrogen and oxygen atoms in total. The van der Waals surface area contributed by atoms with Crippen molar-refractivity contribution >= 4 is 34.9 Å². The van der Waals surface area contributed by atoms with Gasteiger partial charge in [0.2, 0.25) is 0 Å². The number of aliphatic carboxylic acids is 1. The number of nitrogens with one attached hydrogen (secondary N) is 2. The minimum atomic E-state index is -1.08. The maximum absolute atomic E-state index is 13.0. The molecule has 2 heterocycles. The van der Waals surface area contributed by atoms with Crippen molar-refractivity contribution in [1.82, 2.24) is 15.2 Å². The molecule has 1 saturated carbocycles. The molecule has 3 aliphatic carbocycles. The Kier molecular flexibility index (Phi) is 11.1. The van der Waals surface area contributed by atoms with E-state index >= 15 is 0 Å². The molecule has 1 aromatic heterocycles. The zero-order valence-electron chi connectivity index (χ0n) is 30.0. The number of carboxylic acids is 1. The van der Waals surface area contributed by atoms with Gasteiger partial charge in [0.1, 0.15) is 23.6 Å². The van der Waals surface area contributed by atoms with E-state index in [0.29, 0.717) is 53.9 Å². The number of halogens is 2. The maximum Gasteiger partial charge on any atom is 0.329 e. The quantitative estimate of drug-likeness (QED) is 0.172. The van der Waals surface area contributed by atoms with Gasteiger partial charge in [-0.05, 0) is 128 Å². The predicted octanol–water partition coefficient (Wildman–Crippen LogP) is 8.14. The van der Waals surface area contributed by atoms with Gasteiger partial charge in [-0.3, -0.25) is 9.88 Å². The number of hydrogen-bond acceptors (Lipinski definition) is 7. The lowest BCUT2D eigenvalue weighted by Gasteiger charge is -2.47. The Morgan fingerprint density at radius 1 is 1.10 bits per heavy atom. The third-order valence-electron chi connectivity index (χ3n) is 12.2. The third kappa shape index (κ3) is 7.71. The summed E-state index contributed by atoms with van der Waals surface area (Å²) in [5.74, 6) is 1.96. The largest absolute Gasteiger partial charge is 0.493 e. The molecule has 10 heteroatoms. The molecule has 1 spiro atoms. The van der Waals surface area contributed by atoms with Gasteiger partial charge < -0.3 is 25.2 Å². The lowest BCUT2D eigenvalue weighted by Crippen LogP contribution is -2.53. The number of carboxylic acid groups (broad SMARTS) is 1. The topological polar surface area (TPSA) is 96.0 Å². The third-order valence-corrected chi connectivity index (χ3v) is 12.7. The summed E-state index contributed by atoms with van der Waals surface area (Å²) in [5.41, 5.74) is 4.46. The minimum absolute atomic E-state index is 0.190. The fourth-order valence-corrected chi connectivity index (χ4v) is 9.87. The van der Waals surface area contributed by atoms with Crippen molar-refractivity contribution in [3.05, 3.63) is 81.1 Å². The second kappa shape index (κ2) is 15.5. The summed E-state index contributed by atoms with van der Waals surface area (Å²) in [5, 5.41) is 18.7. The summed E-state index contributed by atoms with van der Waals surface area (Å²) in [4.78, 5) is 20.1. The number of anilines is 1. The normalized spacial score (nSPS) is 26.7. The van der Waals surface area contributed by atoms with Crippen LogP contribution in [0.2, 0.25) is 10.0 Å². The highest BCUT2D eigenvalue weighted by Crippen LogP contribution is 2.57. The van der Waals surface area contributed by atoms with Crippen LogP contribution in [-0.2, 0) is 23.1 Å². The zero-order chi connectivity index (χ0) is 35.6. The molecule has 2 aromatic carbocycles. The number of rotatable bonds is 12. The highest BCUT2D eigenvalue weighted by atomic mass is 35.5. The molecule has 0 unspecified atom stereocenters. The highest BCUT2D eigenvalue weighted by molar-refractivity contribution is 6.32. The van der Waals surface area contributed by atoms with E-state index in [1.54, 1.807) is 12.1 Å². The van der Waals surface area contributed by atoms with Gasteiger partial charge in [0.15, 0.2) is 0 Å². The molecular formula is C41H52Cl2N4O4. The Labute approximate surface area is 312 Å². The van der Waals surface area contributed by atoms with Gasteiger partial charge in [0.05, 0.1) is 11.6 Å². The molecule has 274 valence electrons. The van der Waals surface area contributed by atoms with Crippen LogP contribution >= 0.6 is 23.2 Å². The van der Waals surface area contributed by atoms with Gasteiger partial charge in [-0.1, -0.05) is 43.1 Å². The van der Waals surface area contributed by atoms with Crippen molar-refractivity contribution in [2.75, 3.05) is 51.3 Å². The monoisotopic (exact) mass is 734 g/mol. The molecular weight excluding hydrogens is 683 g/mol. The number of aryl methyl sites for hydroxylation is 1. The average Bonchev–Trinajstić information content (AvgIpc) is 3.39. The number of carbonyl (C=O) groups is 1. The lowest BCUT2D eigenvalue weighted by molar-refractivity contribution is -0.144. The molecule has 0 amide bonds. The van der Waals surface area contributed by atoms with Crippen LogP contribution in [0.25, 0.3) is 0 Å². The van der Waals surface area contributed by atoms with Crippen molar-refractivity contribution in [3.8, 4) is 11.5 Å². The maximum atomic E-state index is 13.0. The number of nitrogens with zero attached hydrogens (tertiary/aromatic N) is 2.